The van der Waals surface area contributed by atoms with E-state index in [-0.39, 0.29) is 24.4 Å². The van der Waals surface area contributed by atoms with Crippen LogP contribution in [0.3, 0.4) is 0 Å². The summed E-state index contributed by atoms with van der Waals surface area (Å²) in [4.78, 5) is 11.7. The minimum Gasteiger partial charge on any atom is -0.492 e. The fraction of sp³-hybridized carbons (Fsp3) is 0.500. The molecule has 2 N–H and O–H groups in total. The Bertz CT molecular complexity index is 406. The third kappa shape index (κ3) is 5.09. The van der Waals surface area contributed by atoms with Gasteiger partial charge in [-0.05, 0) is 44.0 Å². The van der Waals surface area contributed by atoms with E-state index in [2.05, 4.69) is 10.6 Å². The van der Waals surface area contributed by atoms with Crippen molar-refractivity contribution in [1.29, 1.82) is 0 Å². The van der Waals surface area contributed by atoms with E-state index in [4.69, 9.17) is 4.74 Å². The van der Waals surface area contributed by atoms with Crippen molar-refractivity contribution in [2.24, 2.45) is 0 Å². The van der Waals surface area contributed by atoms with Crippen LogP contribution >= 0.6 is 12.4 Å². The highest BCUT2D eigenvalue weighted by molar-refractivity contribution is 5.85. The van der Waals surface area contributed by atoms with Gasteiger partial charge in [0.25, 0.3) is 0 Å². The van der Waals surface area contributed by atoms with Crippen LogP contribution in [0.2, 0.25) is 0 Å². The molecule has 19 heavy (non-hydrogen) atoms. The van der Waals surface area contributed by atoms with Gasteiger partial charge in [0.15, 0.2) is 0 Å². The molecule has 0 spiro atoms. The van der Waals surface area contributed by atoms with Crippen molar-refractivity contribution in [1.82, 2.24) is 10.6 Å². The molecule has 0 aromatic heterocycles. The lowest BCUT2D eigenvalue weighted by molar-refractivity contribution is -0.122. The molecular formula is C14H21ClN2O2. The quantitative estimate of drug-likeness (QED) is 0.809. The molecule has 5 heteroatoms. The summed E-state index contributed by atoms with van der Waals surface area (Å²) in [6.07, 6.45) is 2.02. The van der Waals surface area contributed by atoms with Crippen molar-refractivity contribution < 1.29 is 9.53 Å². The fourth-order valence-electron chi connectivity index (χ4n) is 2.08. The van der Waals surface area contributed by atoms with E-state index in [1.807, 2.05) is 31.2 Å². The Morgan fingerprint density at radius 3 is 3.05 bits per heavy atom. The highest BCUT2D eigenvalue weighted by Crippen LogP contribution is 2.11. The van der Waals surface area contributed by atoms with Gasteiger partial charge in [0.1, 0.15) is 12.4 Å². The molecule has 1 aromatic rings. The lowest BCUT2D eigenvalue weighted by Gasteiger charge is -2.11. The molecule has 4 nitrogen and oxygen atoms in total. The highest BCUT2D eigenvalue weighted by Gasteiger charge is 2.21. The van der Waals surface area contributed by atoms with E-state index in [0.29, 0.717) is 13.2 Å². The van der Waals surface area contributed by atoms with Crippen LogP contribution in [0.1, 0.15) is 18.4 Å². The number of aryl methyl sites for hydroxylation is 1. The van der Waals surface area contributed by atoms with Gasteiger partial charge in [-0.2, -0.15) is 0 Å². The molecule has 0 bridgehead atoms. The molecule has 1 heterocycles. The Morgan fingerprint density at radius 1 is 1.53 bits per heavy atom. The topological polar surface area (TPSA) is 50.4 Å². The van der Waals surface area contributed by atoms with E-state index in [1.54, 1.807) is 0 Å². The van der Waals surface area contributed by atoms with Crippen LogP contribution < -0.4 is 15.4 Å². The third-order valence-electron chi connectivity index (χ3n) is 3.04. The number of carbonyl (C=O) groups excluding carboxylic acids is 1. The summed E-state index contributed by atoms with van der Waals surface area (Å²) in [5.74, 6) is 0.934. The molecule has 1 atom stereocenters. The average molecular weight is 285 g/mol. The summed E-state index contributed by atoms with van der Waals surface area (Å²) < 4.78 is 5.56. The van der Waals surface area contributed by atoms with E-state index in [1.165, 1.54) is 5.56 Å². The minimum absolute atomic E-state index is 0. The van der Waals surface area contributed by atoms with Crippen LogP contribution in [0.4, 0.5) is 0 Å². The zero-order valence-corrected chi connectivity index (χ0v) is 12.0. The second-order valence-corrected chi connectivity index (χ2v) is 4.60. The van der Waals surface area contributed by atoms with Crippen molar-refractivity contribution in [2.75, 3.05) is 19.7 Å². The standard InChI is InChI=1S/C14H20N2O2.ClH/c1-11-4-2-5-12(10-11)18-9-8-16-14(17)13-6-3-7-15-13;/h2,4-5,10,13,15H,3,6-9H2,1H3,(H,16,17);1H/t13-;/m0./s1. The number of ether oxygens (including phenoxy) is 1. The lowest BCUT2D eigenvalue weighted by Crippen LogP contribution is -2.41. The molecule has 2 rings (SSSR count). The number of amides is 1. The van der Waals surface area contributed by atoms with Crippen LogP contribution in [-0.4, -0.2) is 31.6 Å². The van der Waals surface area contributed by atoms with Gasteiger partial charge in [0.2, 0.25) is 5.91 Å². The van der Waals surface area contributed by atoms with E-state index >= 15 is 0 Å². The summed E-state index contributed by atoms with van der Waals surface area (Å²) in [6, 6.07) is 7.89. The van der Waals surface area contributed by atoms with Gasteiger partial charge in [0, 0.05) is 0 Å². The van der Waals surface area contributed by atoms with Crippen molar-refractivity contribution in [3.63, 3.8) is 0 Å². The number of hydrogen-bond acceptors (Lipinski definition) is 3. The number of carbonyl (C=O) groups is 1. The smallest absolute Gasteiger partial charge is 0.237 e. The Hall–Kier alpha value is -1.26. The summed E-state index contributed by atoms with van der Waals surface area (Å²) >= 11 is 0. The van der Waals surface area contributed by atoms with Crippen molar-refractivity contribution >= 4 is 18.3 Å². The number of benzene rings is 1. The summed E-state index contributed by atoms with van der Waals surface area (Å²) in [6.45, 7) is 4.02. The predicted molar refractivity (Wildman–Crippen MR) is 78.0 cm³/mol. The maximum Gasteiger partial charge on any atom is 0.237 e. The molecule has 0 unspecified atom stereocenters. The van der Waals surface area contributed by atoms with E-state index in [9.17, 15) is 4.79 Å². The number of nitrogens with one attached hydrogen (secondary N) is 2. The second-order valence-electron chi connectivity index (χ2n) is 4.60. The largest absolute Gasteiger partial charge is 0.492 e. The van der Waals surface area contributed by atoms with E-state index < -0.39 is 0 Å². The molecule has 1 saturated heterocycles. The molecule has 1 amide bonds. The zero-order chi connectivity index (χ0) is 12.8. The molecule has 1 aromatic carbocycles. The SMILES string of the molecule is Cc1cccc(OCCNC(=O)[C@@H]2CCCN2)c1.Cl. The van der Waals surface area contributed by atoms with Crippen LogP contribution in [0.5, 0.6) is 5.75 Å². The highest BCUT2D eigenvalue weighted by atomic mass is 35.5. The van der Waals surface area contributed by atoms with Crippen molar-refractivity contribution in [3.05, 3.63) is 29.8 Å². The van der Waals surface area contributed by atoms with Gasteiger partial charge in [-0.15, -0.1) is 12.4 Å². The summed E-state index contributed by atoms with van der Waals surface area (Å²) in [5.41, 5.74) is 1.17. The minimum atomic E-state index is -0.0102. The Balaban J connectivity index is 0.00000180. The van der Waals surface area contributed by atoms with Gasteiger partial charge in [-0.25, -0.2) is 0 Å². The van der Waals surface area contributed by atoms with Crippen LogP contribution in [-0.2, 0) is 4.79 Å². The second kappa shape index (κ2) is 8.02. The van der Waals surface area contributed by atoms with Gasteiger partial charge in [0.05, 0.1) is 12.6 Å². The van der Waals surface area contributed by atoms with Gasteiger partial charge < -0.3 is 15.4 Å². The Kier molecular flexibility index (Phi) is 6.67. The van der Waals surface area contributed by atoms with Gasteiger partial charge >= 0.3 is 0 Å². The third-order valence-corrected chi connectivity index (χ3v) is 3.04. The van der Waals surface area contributed by atoms with Crippen LogP contribution in [0.25, 0.3) is 0 Å². The molecule has 1 fully saturated rings. The summed E-state index contributed by atoms with van der Waals surface area (Å²) in [7, 11) is 0. The normalized spacial score (nSPS) is 17.6. The molecule has 106 valence electrons. The fourth-order valence-corrected chi connectivity index (χ4v) is 2.08. The lowest BCUT2D eigenvalue weighted by atomic mass is 10.2. The maximum absolute atomic E-state index is 11.7. The molecule has 0 aliphatic carbocycles. The first-order valence-electron chi connectivity index (χ1n) is 6.46. The van der Waals surface area contributed by atoms with Gasteiger partial charge in [-0.3, -0.25) is 4.79 Å². The molecule has 0 radical (unpaired) electrons. The number of rotatable bonds is 5. The molecule has 1 aliphatic rings. The number of halogens is 1. The van der Waals surface area contributed by atoms with Crippen LogP contribution in [0, 0.1) is 6.92 Å². The van der Waals surface area contributed by atoms with Crippen molar-refractivity contribution in [3.8, 4) is 5.75 Å². The van der Waals surface area contributed by atoms with E-state index in [0.717, 1.165) is 25.1 Å². The average Bonchev–Trinajstić information content (AvgIpc) is 2.88. The molecule has 0 saturated carbocycles. The predicted octanol–water partition coefficient (Wildman–Crippen LogP) is 1.66. The molecule has 1 aliphatic heterocycles. The van der Waals surface area contributed by atoms with Crippen molar-refractivity contribution in [2.45, 2.75) is 25.8 Å². The maximum atomic E-state index is 11.7. The first-order chi connectivity index (χ1) is 8.75. The molecular weight excluding hydrogens is 264 g/mol. The van der Waals surface area contributed by atoms with Crippen LogP contribution in [0.15, 0.2) is 24.3 Å². The van der Waals surface area contributed by atoms with Gasteiger partial charge in [-0.1, -0.05) is 12.1 Å². The Labute approximate surface area is 120 Å². The first kappa shape index (κ1) is 15.8. The monoisotopic (exact) mass is 284 g/mol. The zero-order valence-electron chi connectivity index (χ0n) is 11.1. The summed E-state index contributed by atoms with van der Waals surface area (Å²) in [5, 5.41) is 6.05. The first-order valence-corrected chi connectivity index (χ1v) is 6.46. The Morgan fingerprint density at radius 2 is 2.37 bits per heavy atom. The number of hydrogen-bond donors (Lipinski definition) is 2.